The zero-order valence-electron chi connectivity index (χ0n) is 2.36. The molecule has 0 bridgehead atoms. The molecule has 0 unspecified atom stereocenters. The summed E-state index contributed by atoms with van der Waals surface area (Å²) in [6.07, 6.45) is 0. The molecular formula is CH4O2Sn. The first-order chi connectivity index (χ1) is 1.73. The van der Waals surface area contributed by atoms with E-state index >= 15 is 0 Å². The fourth-order valence-corrected chi connectivity index (χ4v) is 0. The average Bonchev–Trinajstić information content (AvgIpc) is 0.811. The zero-order valence-corrected chi connectivity index (χ0v) is 8.06. The molecule has 0 aliphatic heterocycles. The van der Waals surface area contributed by atoms with E-state index in [0.717, 1.165) is 0 Å². The van der Waals surface area contributed by atoms with Gasteiger partial charge < -0.3 is 0 Å². The van der Waals surface area contributed by atoms with Crippen LogP contribution in [0.5, 0.6) is 0 Å². The van der Waals surface area contributed by atoms with Gasteiger partial charge in [0.15, 0.2) is 0 Å². The van der Waals surface area contributed by atoms with Gasteiger partial charge in [0.1, 0.15) is 0 Å². The van der Waals surface area contributed by atoms with Crippen LogP contribution in [0.15, 0.2) is 0 Å². The summed E-state index contributed by atoms with van der Waals surface area (Å²) in [6.45, 7) is 0. The Kier molecular flexibility index (Phi) is 1.68. The SMILES string of the molecule is O=[C](O)[SnH3]. The summed E-state index contributed by atoms with van der Waals surface area (Å²) >= 11 is -0.153. The molecule has 1 N–H and O–H groups in total. The predicted octanol–water partition coefficient (Wildman–Crippen LogP) is -0.970. The summed E-state index contributed by atoms with van der Waals surface area (Å²) in [6, 6.07) is 0. The van der Waals surface area contributed by atoms with Crippen LogP contribution in [0, 0.1) is 0 Å². The van der Waals surface area contributed by atoms with Gasteiger partial charge in [-0.1, -0.05) is 0 Å². The quantitative estimate of drug-likeness (QED) is 0.471. The molecule has 0 aromatic rings. The zero-order chi connectivity index (χ0) is 3.58. The van der Waals surface area contributed by atoms with Crippen LogP contribution in [-0.4, -0.2) is 31.6 Å². The molecule has 0 aliphatic rings. The van der Waals surface area contributed by atoms with Crippen molar-refractivity contribution in [3.8, 4) is 0 Å². The van der Waals surface area contributed by atoms with Gasteiger partial charge in [0.2, 0.25) is 0 Å². The van der Waals surface area contributed by atoms with Crippen LogP contribution in [-0.2, 0) is 0 Å². The van der Waals surface area contributed by atoms with E-state index in [-0.39, 0.29) is 22.5 Å². The fourth-order valence-electron chi connectivity index (χ4n) is 0. The molecular weight excluding hydrogens is 163 g/mol. The molecule has 0 spiro atoms. The monoisotopic (exact) mass is 168 g/mol. The van der Waals surface area contributed by atoms with E-state index in [1.807, 2.05) is 0 Å². The maximum absolute atomic E-state index is 9.09. The molecule has 0 rings (SSSR count). The topological polar surface area (TPSA) is 37.3 Å². The molecule has 0 aliphatic carbocycles. The Morgan fingerprint density at radius 1 is 2.00 bits per heavy atom. The first kappa shape index (κ1) is 4.27. The summed E-state index contributed by atoms with van der Waals surface area (Å²) < 4.78 is -0.623. The number of carboxylic acid groups (broad SMARTS) is 1. The summed E-state index contributed by atoms with van der Waals surface area (Å²) in [4.78, 5) is 9.09. The number of carbonyl (C=O) groups is 1. The first-order valence-electron chi connectivity index (χ1n) is 0.928. The first-order valence-corrected chi connectivity index (χ1v) is 3.78. The van der Waals surface area contributed by atoms with Crippen LogP contribution in [0.25, 0.3) is 0 Å². The second-order valence-electron chi connectivity index (χ2n) is 0.519. The molecule has 0 saturated carbocycles. The van der Waals surface area contributed by atoms with Crippen molar-refractivity contribution in [3.63, 3.8) is 0 Å². The van der Waals surface area contributed by atoms with Crippen molar-refractivity contribution >= 4 is 26.5 Å². The molecule has 0 atom stereocenters. The Hall–Kier alpha value is 0.269. The molecule has 0 amide bonds. The van der Waals surface area contributed by atoms with Crippen LogP contribution in [0.2, 0.25) is 0 Å². The normalized spacial score (nSPS) is 7.00. The number of hydrogen-bond donors (Lipinski definition) is 1. The van der Waals surface area contributed by atoms with Gasteiger partial charge in [-0.05, 0) is 0 Å². The summed E-state index contributed by atoms with van der Waals surface area (Å²) in [5, 5.41) is 7.51. The fraction of sp³-hybridized carbons (Fsp3) is 0. The third kappa shape index (κ3) is 50.6. The Bertz CT molecular complexity index is 29.0. The molecule has 4 heavy (non-hydrogen) atoms. The van der Waals surface area contributed by atoms with Gasteiger partial charge in [-0.2, -0.15) is 0 Å². The van der Waals surface area contributed by atoms with Crippen LogP contribution in [0.3, 0.4) is 0 Å². The molecule has 0 heterocycles. The van der Waals surface area contributed by atoms with Gasteiger partial charge in [0.25, 0.3) is 0 Å². The molecule has 2 nitrogen and oxygen atoms in total. The average molecular weight is 167 g/mol. The Labute approximate surface area is 36.9 Å². The second kappa shape index (κ2) is 1.57. The number of hydrogen-bond acceptors (Lipinski definition) is 1. The minimum atomic E-state index is -0.623. The van der Waals surface area contributed by atoms with Gasteiger partial charge in [-0.15, -0.1) is 0 Å². The van der Waals surface area contributed by atoms with E-state index in [9.17, 15) is 0 Å². The minimum absolute atomic E-state index is 0.153. The van der Waals surface area contributed by atoms with Gasteiger partial charge >= 0.3 is 36.4 Å². The third-order valence-electron chi connectivity index (χ3n) is 0. The summed E-state index contributed by atoms with van der Waals surface area (Å²) in [5.74, 6) is 0. The third-order valence-corrected chi connectivity index (χ3v) is 0. The van der Waals surface area contributed by atoms with Crippen molar-refractivity contribution in [1.82, 2.24) is 0 Å². The van der Waals surface area contributed by atoms with Crippen LogP contribution in [0.1, 0.15) is 0 Å². The van der Waals surface area contributed by atoms with E-state index in [1.165, 1.54) is 0 Å². The van der Waals surface area contributed by atoms with Crippen molar-refractivity contribution in [1.29, 1.82) is 0 Å². The van der Waals surface area contributed by atoms with Crippen molar-refractivity contribution < 1.29 is 9.90 Å². The predicted molar refractivity (Wildman–Crippen MR) is 18.0 cm³/mol. The number of rotatable bonds is 0. The molecule has 3 heteroatoms. The van der Waals surface area contributed by atoms with Crippen molar-refractivity contribution in [2.24, 2.45) is 0 Å². The standard InChI is InChI=1S/CHO2.Sn.3H/c2-1-3;;;;/h(H,2,3);;;;. The Morgan fingerprint density at radius 2 is 2.00 bits per heavy atom. The molecule has 24 valence electrons. The summed E-state index contributed by atoms with van der Waals surface area (Å²) in [7, 11) is 0. The van der Waals surface area contributed by atoms with Gasteiger partial charge in [0, 0.05) is 0 Å². The van der Waals surface area contributed by atoms with E-state index in [2.05, 4.69) is 0 Å². The molecule has 0 radical (unpaired) electrons. The van der Waals surface area contributed by atoms with Gasteiger partial charge in [-0.25, -0.2) is 0 Å². The summed E-state index contributed by atoms with van der Waals surface area (Å²) in [5.41, 5.74) is 0. The van der Waals surface area contributed by atoms with Crippen molar-refractivity contribution in [2.75, 3.05) is 0 Å². The van der Waals surface area contributed by atoms with Crippen molar-refractivity contribution in [2.45, 2.75) is 0 Å². The molecule has 0 aromatic carbocycles. The van der Waals surface area contributed by atoms with Crippen LogP contribution < -0.4 is 0 Å². The van der Waals surface area contributed by atoms with E-state index in [0.29, 0.717) is 0 Å². The maximum atomic E-state index is 9.09. The van der Waals surface area contributed by atoms with E-state index < -0.39 is 3.99 Å². The van der Waals surface area contributed by atoms with E-state index in [1.54, 1.807) is 0 Å². The molecule has 0 saturated heterocycles. The molecule has 0 aromatic heterocycles. The Balaban J connectivity index is 2.80. The molecule has 0 fully saturated rings. The van der Waals surface area contributed by atoms with Crippen LogP contribution >= 0.6 is 0 Å². The van der Waals surface area contributed by atoms with Crippen LogP contribution in [0.4, 0.5) is 4.79 Å². The van der Waals surface area contributed by atoms with Gasteiger partial charge in [0.05, 0.1) is 0 Å². The Morgan fingerprint density at radius 3 is 2.00 bits per heavy atom. The second-order valence-corrected chi connectivity index (χ2v) is 2.96. The van der Waals surface area contributed by atoms with Gasteiger partial charge in [-0.3, -0.25) is 0 Å². The van der Waals surface area contributed by atoms with Crippen molar-refractivity contribution in [3.05, 3.63) is 0 Å². The van der Waals surface area contributed by atoms with E-state index in [4.69, 9.17) is 9.90 Å².